The van der Waals surface area contributed by atoms with E-state index < -0.39 is 0 Å². The van der Waals surface area contributed by atoms with Gasteiger partial charge in [0.25, 0.3) is 0 Å². The van der Waals surface area contributed by atoms with Crippen LogP contribution in [0.1, 0.15) is 12.8 Å². The first-order valence-corrected chi connectivity index (χ1v) is 3.84. The minimum Gasteiger partial charge on any atom is -0.392 e. The van der Waals surface area contributed by atoms with E-state index >= 15 is 0 Å². The molecule has 0 aliphatic rings. The van der Waals surface area contributed by atoms with Gasteiger partial charge in [-0.25, -0.2) is 0 Å². The van der Waals surface area contributed by atoms with Crippen molar-refractivity contribution in [3.8, 4) is 0 Å². The Hall–Kier alpha value is -0.820. The third-order valence-corrected chi connectivity index (χ3v) is 1.45. The van der Waals surface area contributed by atoms with Gasteiger partial charge in [0.15, 0.2) is 0 Å². The lowest BCUT2D eigenvalue weighted by atomic mass is 10.0. The number of rotatable bonds is 6. The molecule has 0 fully saturated rings. The Morgan fingerprint density at radius 3 is 2.09 bits per heavy atom. The summed E-state index contributed by atoms with van der Waals surface area (Å²) in [7, 11) is 0. The fourth-order valence-electron chi connectivity index (χ4n) is 0.935. The summed E-state index contributed by atoms with van der Waals surface area (Å²) in [5.41, 5.74) is 0. The molecule has 11 heavy (non-hydrogen) atoms. The molecule has 0 unspecified atom stereocenters. The zero-order valence-electron chi connectivity index (χ0n) is 6.87. The lowest BCUT2D eigenvalue weighted by Crippen LogP contribution is -1.92. The summed E-state index contributed by atoms with van der Waals surface area (Å²) in [4.78, 5) is 0. The van der Waals surface area contributed by atoms with Crippen LogP contribution in [-0.4, -0.2) is 11.7 Å². The third-order valence-electron chi connectivity index (χ3n) is 1.45. The molecule has 0 radical (unpaired) electrons. The van der Waals surface area contributed by atoms with Crippen molar-refractivity contribution in [2.45, 2.75) is 12.8 Å². The van der Waals surface area contributed by atoms with E-state index in [1.807, 2.05) is 18.2 Å². The van der Waals surface area contributed by atoms with Gasteiger partial charge >= 0.3 is 0 Å². The summed E-state index contributed by atoms with van der Waals surface area (Å²) in [6, 6.07) is 0. The maximum Gasteiger partial charge on any atom is 0.0612 e. The van der Waals surface area contributed by atoms with Gasteiger partial charge in [-0.05, 0) is 18.8 Å². The molecule has 0 aromatic rings. The molecule has 0 aliphatic carbocycles. The number of hydrogen-bond donors (Lipinski definition) is 1. The lowest BCUT2D eigenvalue weighted by Gasteiger charge is -2.05. The van der Waals surface area contributed by atoms with Crippen LogP contribution in [0.3, 0.4) is 0 Å². The Balaban J connectivity index is 3.76. The summed E-state index contributed by atoms with van der Waals surface area (Å²) < 4.78 is 0. The van der Waals surface area contributed by atoms with Crippen LogP contribution in [0.4, 0.5) is 0 Å². The van der Waals surface area contributed by atoms with Crippen LogP contribution in [-0.2, 0) is 0 Å². The molecule has 0 aliphatic heterocycles. The van der Waals surface area contributed by atoms with Gasteiger partial charge in [-0.3, -0.25) is 0 Å². The average Bonchev–Trinajstić information content (AvgIpc) is 2.01. The van der Waals surface area contributed by atoms with Crippen LogP contribution < -0.4 is 0 Å². The molecule has 1 nitrogen and oxygen atoms in total. The van der Waals surface area contributed by atoms with Crippen LogP contribution in [0.25, 0.3) is 0 Å². The van der Waals surface area contributed by atoms with Crippen molar-refractivity contribution in [2.75, 3.05) is 6.61 Å². The van der Waals surface area contributed by atoms with Crippen molar-refractivity contribution in [1.29, 1.82) is 0 Å². The van der Waals surface area contributed by atoms with E-state index in [9.17, 15) is 0 Å². The standard InChI is InChI=1S/C10H16O/c1-3-6-10(7-4-2)8-5-9-11/h3-5,8,10-11H,1-2,6-7,9H2. The second-order valence-corrected chi connectivity index (χ2v) is 2.42. The van der Waals surface area contributed by atoms with E-state index in [1.54, 1.807) is 6.08 Å². The highest BCUT2D eigenvalue weighted by atomic mass is 16.2. The van der Waals surface area contributed by atoms with E-state index in [0.29, 0.717) is 5.92 Å². The second kappa shape index (κ2) is 7.29. The fourth-order valence-corrected chi connectivity index (χ4v) is 0.935. The van der Waals surface area contributed by atoms with Crippen LogP contribution in [0.5, 0.6) is 0 Å². The lowest BCUT2D eigenvalue weighted by molar-refractivity contribution is 0.341. The Morgan fingerprint density at radius 2 is 1.73 bits per heavy atom. The highest BCUT2D eigenvalue weighted by Gasteiger charge is 1.97. The minimum atomic E-state index is 0.116. The highest BCUT2D eigenvalue weighted by Crippen LogP contribution is 2.10. The Morgan fingerprint density at radius 1 is 1.18 bits per heavy atom. The fraction of sp³-hybridized carbons (Fsp3) is 0.400. The van der Waals surface area contributed by atoms with Crippen LogP contribution in [0.15, 0.2) is 37.5 Å². The summed E-state index contributed by atoms with van der Waals surface area (Å²) in [6.07, 6.45) is 9.43. The first-order chi connectivity index (χ1) is 5.35. The van der Waals surface area contributed by atoms with E-state index in [0.717, 1.165) is 12.8 Å². The quantitative estimate of drug-likeness (QED) is 0.579. The normalized spacial score (nSPS) is 10.7. The minimum absolute atomic E-state index is 0.116. The molecule has 0 atom stereocenters. The predicted molar refractivity (Wildman–Crippen MR) is 49.3 cm³/mol. The van der Waals surface area contributed by atoms with Crippen molar-refractivity contribution >= 4 is 0 Å². The van der Waals surface area contributed by atoms with Gasteiger partial charge in [-0.15, -0.1) is 13.2 Å². The Labute approximate surface area is 68.7 Å². The van der Waals surface area contributed by atoms with E-state index in [1.165, 1.54) is 0 Å². The number of hydrogen-bond acceptors (Lipinski definition) is 1. The number of aliphatic hydroxyl groups is 1. The van der Waals surface area contributed by atoms with Gasteiger partial charge in [-0.2, -0.15) is 0 Å². The average molecular weight is 152 g/mol. The molecule has 0 saturated carbocycles. The molecular weight excluding hydrogens is 136 g/mol. The molecule has 0 aromatic carbocycles. The van der Waals surface area contributed by atoms with Gasteiger partial charge in [0, 0.05) is 0 Å². The highest BCUT2D eigenvalue weighted by molar-refractivity contribution is 4.94. The predicted octanol–water partition coefficient (Wildman–Crippen LogP) is 2.30. The summed E-state index contributed by atoms with van der Waals surface area (Å²) in [6.45, 7) is 7.44. The van der Waals surface area contributed by atoms with Gasteiger partial charge in [-0.1, -0.05) is 24.3 Å². The van der Waals surface area contributed by atoms with E-state index in [-0.39, 0.29) is 6.61 Å². The SMILES string of the molecule is C=CCC(C=CCO)CC=C. The van der Waals surface area contributed by atoms with Crippen LogP contribution in [0, 0.1) is 5.92 Å². The van der Waals surface area contributed by atoms with E-state index in [2.05, 4.69) is 13.2 Å². The monoisotopic (exact) mass is 152 g/mol. The summed E-state index contributed by atoms with van der Waals surface area (Å²) in [5, 5.41) is 8.51. The zero-order valence-corrected chi connectivity index (χ0v) is 6.87. The van der Waals surface area contributed by atoms with Crippen LogP contribution >= 0.6 is 0 Å². The molecule has 0 aromatic heterocycles. The molecule has 0 spiro atoms. The van der Waals surface area contributed by atoms with Crippen molar-refractivity contribution in [2.24, 2.45) is 5.92 Å². The van der Waals surface area contributed by atoms with E-state index in [4.69, 9.17) is 5.11 Å². The third kappa shape index (κ3) is 5.62. The maximum atomic E-state index is 8.51. The molecule has 0 rings (SSSR count). The Kier molecular flexibility index (Phi) is 6.75. The molecule has 0 heterocycles. The molecule has 62 valence electrons. The zero-order chi connectivity index (χ0) is 8.53. The molecule has 1 N–H and O–H groups in total. The largest absolute Gasteiger partial charge is 0.392 e. The van der Waals surface area contributed by atoms with Gasteiger partial charge < -0.3 is 5.11 Å². The topological polar surface area (TPSA) is 20.2 Å². The molecule has 0 bridgehead atoms. The van der Waals surface area contributed by atoms with Gasteiger partial charge in [0.2, 0.25) is 0 Å². The maximum absolute atomic E-state index is 8.51. The van der Waals surface area contributed by atoms with Crippen LogP contribution in [0.2, 0.25) is 0 Å². The number of allylic oxidation sites excluding steroid dienone is 3. The second-order valence-electron chi connectivity index (χ2n) is 2.42. The van der Waals surface area contributed by atoms with Crippen molar-refractivity contribution in [3.63, 3.8) is 0 Å². The van der Waals surface area contributed by atoms with Crippen molar-refractivity contribution < 1.29 is 5.11 Å². The molecular formula is C10H16O. The van der Waals surface area contributed by atoms with Crippen molar-refractivity contribution in [3.05, 3.63) is 37.5 Å². The smallest absolute Gasteiger partial charge is 0.0612 e. The summed E-state index contributed by atoms with van der Waals surface area (Å²) >= 11 is 0. The first kappa shape index (κ1) is 10.2. The van der Waals surface area contributed by atoms with Crippen molar-refractivity contribution in [1.82, 2.24) is 0 Å². The molecule has 0 amide bonds. The van der Waals surface area contributed by atoms with Gasteiger partial charge in [0.05, 0.1) is 6.61 Å². The Bertz CT molecular complexity index is 126. The molecule has 1 heteroatoms. The first-order valence-electron chi connectivity index (χ1n) is 3.84. The number of aliphatic hydroxyl groups excluding tert-OH is 1. The summed E-state index contributed by atoms with van der Waals surface area (Å²) in [5.74, 6) is 0.456. The molecule has 0 saturated heterocycles. The van der Waals surface area contributed by atoms with Gasteiger partial charge in [0.1, 0.15) is 0 Å².